The molecule has 11 heteroatoms. The Kier molecular flexibility index (Phi) is 8.83. The van der Waals surface area contributed by atoms with Gasteiger partial charge in [-0.1, -0.05) is 12.1 Å². The number of pyridine rings is 2. The predicted octanol–water partition coefficient (Wildman–Crippen LogP) is 5.16. The molecule has 2 N–H and O–H groups in total. The van der Waals surface area contributed by atoms with Gasteiger partial charge in [-0.3, -0.25) is 9.78 Å². The quantitative estimate of drug-likeness (QED) is 0.288. The lowest BCUT2D eigenvalue weighted by Crippen LogP contribution is -2.23. The number of nitrogens with one attached hydrogen (secondary N) is 2. The van der Waals surface area contributed by atoms with E-state index in [9.17, 15) is 4.79 Å². The van der Waals surface area contributed by atoms with E-state index in [0.717, 1.165) is 59.4 Å². The summed E-state index contributed by atoms with van der Waals surface area (Å²) in [5.74, 6) is -0.152. The molecule has 0 saturated carbocycles. The van der Waals surface area contributed by atoms with Crippen LogP contribution in [0.2, 0.25) is 0 Å². The SMILES string of the molecule is Cl.Cl.O=C(NCc1cn2cc(NCc3cccnc3)ccc2n1)c1cccc2c1cnn2C1CCCCO1. The molecule has 1 fully saturated rings. The third kappa shape index (κ3) is 5.75. The maximum Gasteiger partial charge on any atom is 0.252 e. The van der Waals surface area contributed by atoms with Gasteiger partial charge in [0.2, 0.25) is 0 Å². The summed E-state index contributed by atoms with van der Waals surface area (Å²) in [7, 11) is 0. The summed E-state index contributed by atoms with van der Waals surface area (Å²) in [6, 6.07) is 13.6. The Morgan fingerprint density at radius 3 is 2.76 bits per heavy atom. The Balaban J connectivity index is 0.00000168. The van der Waals surface area contributed by atoms with Crippen LogP contribution in [0.1, 0.15) is 47.1 Å². The van der Waals surface area contributed by atoms with E-state index in [0.29, 0.717) is 18.7 Å². The van der Waals surface area contributed by atoms with Crippen LogP contribution in [0.15, 0.2) is 73.4 Å². The van der Waals surface area contributed by atoms with Gasteiger partial charge < -0.3 is 19.8 Å². The highest BCUT2D eigenvalue weighted by Gasteiger charge is 2.20. The minimum Gasteiger partial charge on any atom is -0.380 e. The second-order valence-corrected chi connectivity index (χ2v) is 8.96. The van der Waals surface area contributed by atoms with Gasteiger partial charge in [0.15, 0.2) is 6.23 Å². The van der Waals surface area contributed by atoms with Crippen LogP contribution < -0.4 is 10.6 Å². The third-order valence-corrected chi connectivity index (χ3v) is 6.46. The molecule has 198 valence electrons. The summed E-state index contributed by atoms with van der Waals surface area (Å²) in [5, 5.41) is 11.8. The number of benzene rings is 1. The van der Waals surface area contributed by atoms with Gasteiger partial charge in [-0.05, 0) is 55.2 Å². The first kappa shape index (κ1) is 27.4. The Labute approximate surface area is 232 Å². The second-order valence-electron chi connectivity index (χ2n) is 8.96. The van der Waals surface area contributed by atoms with E-state index in [2.05, 4.69) is 25.7 Å². The fourth-order valence-corrected chi connectivity index (χ4v) is 4.62. The van der Waals surface area contributed by atoms with Crippen molar-refractivity contribution in [3.8, 4) is 0 Å². The molecule has 0 bridgehead atoms. The Morgan fingerprint density at radius 1 is 1.03 bits per heavy atom. The number of hydrogen-bond donors (Lipinski definition) is 2. The fraction of sp³-hybridized carbons (Fsp3) is 0.259. The molecule has 1 unspecified atom stereocenters. The van der Waals surface area contributed by atoms with E-state index in [4.69, 9.17) is 4.74 Å². The number of fused-ring (bicyclic) bond motifs is 2. The van der Waals surface area contributed by atoms with Crippen molar-refractivity contribution < 1.29 is 9.53 Å². The standard InChI is InChI=1S/C27H27N7O2.2ClH/c35-27(22-6-3-7-24-23(22)16-31-34(24)26-8-1-2-12-36-26)30-15-21-18-33-17-20(9-10-25(33)32-21)29-14-19-5-4-11-28-13-19;;/h3-7,9-11,13,16-18,26,29H,1-2,8,12,14-15H2,(H,30,35);2*1H. The van der Waals surface area contributed by atoms with Crippen LogP contribution in [0.4, 0.5) is 5.69 Å². The molecule has 1 aromatic carbocycles. The molecule has 4 aromatic heterocycles. The molecule has 6 rings (SSSR count). The molecule has 1 saturated heterocycles. The van der Waals surface area contributed by atoms with Crippen molar-refractivity contribution in [1.29, 1.82) is 0 Å². The van der Waals surface area contributed by atoms with Crippen molar-refractivity contribution in [3.05, 3.63) is 90.3 Å². The Hall–Kier alpha value is -3.66. The summed E-state index contributed by atoms with van der Waals surface area (Å²) in [5.41, 5.74) is 5.20. The maximum absolute atomic E-state index is 13.1. The molecular formula is C27H29Cl2N7O2. The molecule has 38 heavy (non-hydrogen) atoms. The summed E-state index contributed by atoms with van der Waals surface area (Å²) >= 11 is 0. The molecule has 1 aliphatic heterocycles. The van der Waals surface area contributed by atoms with Gasteiger partial charge in [-0.15, -0.1) is 24.8 Å². The summed E-state index contributed by atoms with van der Waals surface area (Å²) in [6.07, 6.45) is 12.4. The minimum atomic E-state index is -0.152. The zero-order valence-electron chi connectivity index (χ0n) is 20.6. The Bertz CT molecular complexity index is 1510. The number of ether oxygens (including phenoxy) is 1. The zero-order valence-corrected chi connectivity index (χ0v) is 22.3. The minimum absolute atomic E-state index is 0. The third-order valence-electron chi connectivity index (χ3n) is 6.46. The maximum atomic E-state index is 13.1. The van der Waals surface area contributed by atoms with E-state index in [1.54, 1.807) is 12.4 Å². The van der Waals surface area contributed by atoms with Crippen molar-refractivity contribution in [2.24, 2.45) is 0 Å². The van der Waals surface area contributed by atoms with E-state index in [1.165, 1.54) is 0 Å². The molecule has 0 spiro atoms. The first-order valence-corrected chi connectivity index (χ1v) is 12.2. The van der Waals surface area contributed by atoms with Crippen LogP contribution >= 0.6 is 24.8 Å². The molecule has 5 aromatic rings. The molecule has 1 amide bonds. The molecular weight excluding hydrogens is 525 g/mol. The number of carbonyl (C=O) groups excluding carboxylic acids is 1. The number of aromatic nitrogens is 5. The summed E-state index contributed by atoms with van der Waals surface area (Å²) < 4.78 is 9.75. The van der Waals surface area contributed by atoms with Crippen molar-refractivity contribution in [1.82, 2.24) is 29.5 Å². The number of anilines is 1. The van der Waals surface area contributed by atoms with Crippen molar-refractivity contribution >= 4 is 53.0 Å². The smallest absolute Gasteiger partial charge is 0.252 e. The monoisotopic (exact) mass is 553 g/mol. The lowest BCUT2D eigenvalue weighted by Gasteiger charge is -2.23. The number of carbonyl (C=O) groups is 1. The normalized spacial score (nSPS) is 15.0. The summed E-state index contributed by atoms with van der Waals surface area (Å²) in [4.78, 5) is 21.9. The predicted molar refractivity (Wildman–Crippen MR) is 151 cm³/mol. The van der Waals surface area contributed by atoms with Crippen molar-refractivity contribution in [2.45, 2.75) is 38.6 Å². The molecule has 5 heterocycles. The van der Waals surface area contributed by atoms with Gasteiger partial charge in [0, 0.05) is 43.3 Å². The van der Waals surface area contributed by atoms with Crippen LogP contribution in [0.3, 0.4) is 0 Å². The molecule has 9 nitrogen and oxygen atoms in total. The zero-order chi connectivity index (χ0) is 24.3. The lowest BCUT2D eigenvalue weighted by atomic mass is 10.1. The summed E-state index contributed by atoms with van der Waals surface area (Å²) in [6.45, 7) is 1.76. The lowest BCUT2D eigenvalue weighted by molar-refractivity contribution is -0.0366. The number of imidazole rings is 1. The van der Waals surface area contributed by atoms with Gasteiger partial charge in [0.25, 0.3) is 5.91 Å². The first-order chi connectivity index (χ1) is 17.7. The molecule has 0 radical (unpaired) electrons. The highest BCUT2D eigenvalue weighted by atomic mass is 35.5. The van der Waals surface area contributed by atoms with Crippen LogP contribution in [-0.4, -0.2) is 36.7 Å². The van der Waals surface area contributed by atoms with Gasteiger partial charge in [0.1, 0.15) is 5.65 Å². The fourth-order valence-electron chi connectivity index (χ4n) is 4.62. The van der Waals surface area contributed by atoms with Crippen LogP contribution in [-0.2, 0) is 17.8 Å². The van der Waals surface area contributed by atoms with E-state index in [-0.39, 0.29) is 36.9 Å². The van der Waals surface area contributed by atoms with Crippen LogP contribution in [0.5, 0.6) is 0 Å². The highest BCUT2D eigenvalue weighted by Crippen LogP contribution is 2.27. The largest absolute Gasteiger partial charge is 0.380 e. The number of halogens is 2. The second kappa shape index (κ2) is 12.3. The average molecular weight is 554 g/mol. The number of amides is 1. The Morgan fingerprint density at radius 2 is 1.95 bits per heavy atom. The molecule has 1 atom stereocenters. The number of nitrogens with zero attached hydrogens (tertiary/aromatic N) is 5. The van der Waals surface area contributed by atoms with Crippen molar-refractivity contribution in [3.63, 3.8) is 0 Å². The molecule has 0 aliphatic carbocycles. The van der Waals surface area contributed by atoms with Crippen LogP contribution in [0.25, 0.3) is 16.6 Å². The van der Waals surface area contributed by atoms with Gasteiger partial charge in [-0.2, -0.15) is 5.10 Å². The molecule has 1 aliphatic rings. The van der Waals surface area contributed by atoms with E-state index < -0.39 is 0 Å². The van der Waals surface area contributed by atoms with E-state index >= 15 is 0 Å². The van der Waals surface area contributed by atoms with Crippen LogP contribution in [0, 0.1) is 0 Å². The van der Waals surface area contributed by atoms with Gasteiger partial charge in [-0.25, -0.2) is 9.67 Å². The first-order valence-electron chi connectivity index (χ1n) is 12.2. The van der Waals surface area contributed by atoms with Gasteiger partial charge in [0.05, 0.1) is 35.2 Å². The highest BCUT2D eigenvalue weighted by molar-refractivity contribution is 6.06. The van der Waals surface area contributed by atoms with Gasteiger partial charge >= 0.3 is 0 Å². The van der Waals surface area contributed by atoms with E-state index in [1.807, 2.05) is 70.1 Å². The number of hydrogen-bond acceptors (Lipinski definition) is 6. The average Bonchev–Trinajstić information content (AvgIpc) is 3.55. The topological polar surface area (TPSA) is 98.4 Å². The van der Waals surface area contributed by atoms with Crippen molar-refractivity contribution in [2.75, 3.05) is 11.9 Å². The number of rotatable bonds is 7.